The van der Waals surface area contributed by atoms with Crippen LogP contribution in [0.5, 0.6) is 0 Å². The molecule has 9 heavy (non-hydrogen) atoms. The van der Waals surface area contributed by atoms with Crippen LogP contribution in [-0.4, -0.2) is 33.4 Å². The predicted octanol–water partition coefficient (Wildman–Crippen LogP) is 1.66. The van der Waals surface area contributed by atoms with Crippen LogP contribution in [0.3, 0.4) is 0 Å². The summed E-state index contributed by atoms with van der Waals surface area (Å²) < 4.78 is 1.41. The Morgan fingerprint density at radius 2 is 1.78 bits per heavy atom. The van der Waals surface area contributed by atoms with Gasteiger partial charge in [0.15, 0.2) is 0 Å². The third kappa shape index (κ3) is 49.7. The van der Waals surface area contributed by atoms with E-state index in [9.17, 15) is 0 Å². The van der Waals surface area contributed by atoms with E-state index in [1.165, 1.54) is 3.70 Å². The lowest BCUT2D eigenvalue weighted by molar-refractivity contribution is 0.318. The van der Waals surface area contributed by atoms with Crippen LogP contribution in [0.15, 0.2) is 9.78 Å². The minimum absolute atomic E-state index is 0. The summed E-state index contributed by atoms with van der Waals surface area (Å²) >= 11 is 1.91. The van der Waals surface area contributed by atoms with Gasteiger partial charge in [-0.3, -0.25) is 0 Å². The minimum atomic E-state index is 0. The monoisotopic (exact) mass is 205 g/mol. The van der Waals surface area contributed by atoms with Crippen molar-refractivity contribution in [2.24, 2.45) is 0 Å². The van der Waals surface area contributed by atoms with E-state index in [-0.39, 0.29) is 23.6 Å². The maximum absolute atomic E-state index is 7.57. The summed E-state index contributed by atoms with van der Waals surface area (Å²) in [6.45, 7) is 6.07. The number of allylic oxidation sites excluding steroid dienone is 2. The first kappa shape index (κ1) is 16.5. The zero-order valence-electron chi connectivity index (χ0n) is 6.35. The standard InChI is InChI=1S/C4H7.C2H6O.BrH.Mg/c1-3-4-2;1-2-3;;/h3H,1-2H3;3H,2H2,1H3;1H;/q;;;+2. The molecule has 0 aromatic heterocycles. The normalized spacial score (nSPS) is 8.78. The molecule has 0 aromatic carbocycles. The number of halogens is 1. The molecule has 3 heteroatoms. The van der Waals surface area contributed by atoms with Crippen molar-refractivity contribution in [3.63, 3.8) is 0 Å². The van der Waals surface area contributed by atoms with Gasteiger partial charge in [-0.05, 0) is 19.9 Å². The summed E-state index contributed by atoms with van der Waals surface area (Å²) in [4.78, 5) is 0. The van der Waals surface area contributed by atoms with E-state index < -0.39 is 0 Å². The molecule has 0 saturated carbocycles. The van der Waals surface area contributed by atoms with Crippen molar-refractivity contribution in [1.29, 1.82) is 0 Å². The number of rotatable bonds is 0. The molecular formula is C6H14BrMgO+2. The zero-order valence-corrected chi connectivity index (χ0v) is 9.47. The SMILES string of the molecule is Br.CC=[C](C)[Mg+2].CCO. The van der Waals surface area contributed by atoms with Gasteiger partial charge in [0, 0.05) is 13.5 Å². The van der Waals surface area contributed by atoms with E-state index in [2.05, 4.69) is 13.0 Å². The van der Waals surface area contributed by atoms with Gasteiger partial charge in [0.1, 0.15) is 0 Å². The highest BCUT2D eigenvalue weighted by Crippen LogP contribution is 1.76. The van der Waals surface area contributed by atoms with Crippen molar-refractivity contribution in [3.8, 4) is 0 Å². The molecular weight excluding hydrogens is 192 g/mol. The maximum atomic E-state index is 7.57. The van der Waals surface area contributed by atoms with Gasteiger partial charge in [-0.2, -0.15) is 0 Å². The Morgan fingerprint density at radius 3 is 1.78 bits per heavy atom. The molecule has 0 saturated heterocycles. The molecule has 0 aliphatic rings. The highest BCUT2D eigenvalue weighted by molar-refractivity contribution is 8.93. The minimum Gasteiger partial charge on any atom is -0.397 e. The third-order valence-electron chi connectivity index (χ3n) is 0.493. The molecule has 0 heterocycles. The average Bonchev–Trinajstić information content (AvgIpc) is 1.69. The number of aliphatic hydroxyl groups is 1. The molecule has 1 N–H and O–H groups in total. The van der Waals surface area contributed by atoms with Gasteiger partial charge in [-0.1, -0.05) is 0 Å². The molecule has 0 amide bonds. The van der Waals surface area contributed by atoms with Gasteiger partial charge in [0.05, 0.1) is 0 Å². The fourth-order valence-electron chi connectivity index (χ4n) is 0. The Morgan fingerprint density at radius 1 is 1.67 bits per heavy atom. The van der Waals surface area contributed by atoms with E-state index in [0.29, 0.717) is 0 Å². The van der Waals surface area contributed by atoms with Crippen molar-refractivity contribution in [2.45, 2.75) is 20.8 Å². The summed E-state index contributed by atoms with van der Waals surface area (Å²) in [5.74, 6) is 0. The van der Waals surface area contributed by atoms with Gasteiger partial charge in [-0.25, -0.2) is 0 Å². The van der Waals surface area contributed by atoms with E-state index >= 15 is 0 Å². The number of aliphatic hydroxyl groups excluding tert-OH is 1. The Hall–Kier alpha value is 0.946. The van der Waals surface area contributed by atoms with E-state index in [1.54, 1.807) is 6.92 Å². The van der Waals surface area contributed by atoms with Gasteiger partial charge >= 0.3 is 25.4 Å². The van der Waals surface area contributed by atoms with Crippen molar-refractivity contribution in [1.82, 2.24) is 0 Å². The lowest BCUT2D eigenvalue weighted by Gasteiger charge is -1.52. The second kappa shape index (κ2) is 16.0. The molecule has 0 atom stereocenters. The van der Waals surface area contributed by atoms with Gasteiger partial charge in [0.2, 0.25) is 0 Å². The van der Waals surface area contributed by atoms with Crippen LogP contribution in [0.4, 0.5) is 0 Å². The molecule has 0 unspecified atom stereocenters. The maximum Gasteiger partial charge on any atom is 1.46 e. The van der Waals surface area contributed by atoms with Crippen LogP contribution < -0.4 is 0 Å². The first-order valence-corrected chi connectivity index (χ1v) is 3.45. The van der Waals surface area contributed by atoms with Crippen LogP contribution in [0.1, 0.15) is 20.8 Å². The molecule has 0 fully saturated rings. The highest BCUT2D eigenvalue weighted by atomic mass is 79.9. The Kier molecular flexibility index (Phi) is 29.3. The smallest absolute Gasteiger partial charge is 0.397 e. The van der Waals surface area contributed by atoms with Crippen molar-refractivity contribution in [2.75, 3.05) is 6.61 Å². The van der Waals surface area contributed by atoms with Gasteiger partial charge in [-0.15, -0.1) is 17.0 Å². The summed E-state index contributed by atoms with van der Waals surface area (Å²) in [5, 5.41) is 7.57. The van der Waals surface area contributed by atoms with E-state index in [0.717, 1.165) is 0 Å². The van der Waals surface area contributed by atoms with Gasteiger partial charge < -0.3 is 5.11 Å². The molecule has 0 aromatic rings. The Bertz CT molecular complexity index is 60.1. The van der Waals surface area contributed by atoms with Crippen LogP contribution in [0.25, 0.3) is 0 Å². The Balaban J connectivity index is -0.0000000800. The second-order valence-corrected chi connectivity index (χ2v) is 2.57. The zero-order chi connectivity index (χ0) is 6.99. The van der Waals surface area contributed by atoms with Crippen LogP contribution in [0.2, 0.25) is 0 Å². The summed E-state index contributed by atoms with van der Waals surface area (Å²) in [6.07, 6.45) is 2.10. The predicted molar refractivity (Wildman–Crippen MR) is 48.3 cm³/mol. The molecule has 0 bridgehead atoms. The van der Waals surface area contributed by atoms with Crippen molar-refractivity contribution >= 4 is 38.7 Å². The Labute approximate surface area is 80.7 Å². The first-order valence-electron chi connectivity index (χ1n) is 2.74. The molecule has 1 nitrogen and oxygen atoms in total. The van der Waals surface area contributed by atoms with E-state index in [1.807, 2.05) is 28.6 Å². The third-order valence-corrected chi connectivity index (χ3v) is 0.901. The lowest BCUT2D eigenvalue weighted by atomic mass is 10.6. The molecule has 7 radical (unpaired) electrons. The molecule has 0 spiro atoms. The quantitative estimate of drug-likeness (QED) is 0.598. The largest absolute Gasteiger partial charge is 1.46 e. The first-order chi connectivity index (χ1) is 3.68. The molecule has 51 valence electrons. The summed E-state index contributed by atoms with van der Waals surface area (Å²) in [6, 6.07) is 0. The van der Waals surface area contributed by atoms with Crippen LogP contribution in [-0.2, 0) is 0 Å². The van der Waals surface area contributed by atoms with Gasteiger partial charge in [0.25, 0.3) is 0 Å². The molecule has 0 rings (SSSR count). The number of hydrogen-bond donors (Lipinski definition) is 1. The van der Waals surface area contributed by atoms with Crippen molar-refractivity contribution in [3.05, 3.63) is 9.78 Å². The van der Waals surface area contributed by atoms with Crippen LogP contribution in [0, 0.1) is 0 Å². The molecule has 0 aliphatic heterocycles. The molecule has 0 aliphatic carbocycles. The topological polar surface area (TPSA) is 20.2 Å². The number of hydrogen-bond acceptors (Lipinski definition) is 1. The summed E-state index contributed by atoms with van der Waals surface area (Å²) in [7, 11) is 0. The lowest BCUT2D eigenvalue weighted by Crippen LogP contribution is -1.62. The fourth-order valence-corrected chi connectivity index (χ4v) is 0. The van der Waals surface area contributed by atoms with Crippen LogP contribution >= 0.6 is 17.0 Å². The highest BCUT2D eigenvalue weighted by Gasteiger charge is 2.27. The second-order valence-electron chi connectivity index (χ2n) is 1.45. The van der Waals surface area contributed by atoms with E-state index in [4.69, 9.17) is 5.11 Å². The average molecular weight is 206 g/mol. The summed E-state index contributed by atoms with van der Waals surface area (Å²) in [5.41, 5.74) is 0. The fraction of sp³-hybridized carbons (Fsp3) is 0.667. The van der Waals surface area contributed by atoms with Crippen molar-refractivity contribution < 1.29 is 5.11 Å².